The van der Waals surface area contributed by atoms with Crippen LogP contribution in [0.15, 0.2) is 78.9 Å². The Balaban J connectivity index is 0.845. The van der Waals surface area contributed by atoms with Crippen LogP contribution in [-0.4, -0.2) is 65.4 Å². The van der Waals surface area contributed by atoms with Crippen molar-refractivity contribution in [1.82, 2.24) is 20.9 Å². The van der Waals surface area contributed by atoms with Crippen molar-refractivity contribution >= 4 is 17.6 Å². The number of amides is 3. The van der Waals surface area contributed by atoms with Crippen molar-refractivity contribution in [2.24, 2.45) is 17.8 Å². The highest BCUT2D eigenvalue weighted by Gasteiger charge is 2.52. The van der Waals surface area contributed by atoms with Gasteiger partial charge in [-0.2, -0.15) is 0 Å². The maximum atomic E-state index is 13.3. The lowest BCUT2D eigenvalue weighted by Gasteiger charge is -2.56. The molecule has 53 heavy (non-hydrogen) atoms. The molecule has 0 unspecified atom stereocenters. The lowest BCUT2D eigenvalue weighted by molar-refractivity contribution is -0.253. The summed E-state index contributed by atoms with van der Waals surface area (Å²) >= 11 is 0. The normalized spacial score (nSPS) is 31.8. The van der Waals surface area contributed by atoms with Gasteiger partial charge >= 0.3 is 6.03 Å². The summed E-state index contributed by atoms with van der Waals surface area (Å²) in [5.41, 5.74) is 4.44. The number of rotatable bonds is 9. The van der Waals surface area contributed by atoms with E-state index in [-0.39, 0.29) is 36.3 Å². The van der Waals surface area contributed by atoms with Crippen molar-refractivity contribution in [2.75, 3.05) is 31.2 Å². The van der Waals surface area contributed by atoms with Crippen molar-refractivity contribution in [2.45, 2.75) is 101 Å². The summed E-state index contributed by atoms with van der Waals surface area (Å²) in [6.07, 6.45) is 8.88. The fourth-order valence-electron chi connectivity index (χ4n) is 11.0. The van der Waals surface area contributed by atoms with Crippen LogP contribution in [-0.2, 0) is 27.4 Å². The Morgan fingerprint density at radius 1 is 0.811 bits per heavy atom. The summed E-state index contributed by atoms with van der Waals surface area (Å²) in [4.78, 5) is 31.0. The molecule has 3 aromatic carbocycles. The Hall–Kier alpha value is -3.96. The van der Waals surface area contributed by atoms with Gasteiger partial charge in [0.25, 0.3) is 0 Å². The summed E-state index contributed by atoms with van der Waals surface area (Å²) in [5, 5.41) is 19.3. The number of carbonyl (C=O) groups is 2. The first kappa shape index (κ1) is 34.8. The van der Waals surface area contributed by atoms with Crippen LogP contribution in [0.3, 0.4) is 0 Å². The molecular formula is C43H53N5O5. The zero-order valence-corrected chi connectivity index (χ0v) is 30.6. The van der Waals surface area contributed by atoms with E-state index in [0.717, 1.165) is 97.4 Å². The maximum Gasteiger partial charge on any atom is 0.315 e. The summed E-state index contributed by atoms with van der Waals surface area (Å²) in [6.45, 7) is 3.35. The van der Waals surface area contributed by atoms with Crippen molar-refractivity contribution < 1.29 is 24.2 Å². The Labute approximate surface area is 312 Å². The van der Waals surface area contributed by atoms with Crippen molar-refractivity contribution in [3.05, 3.63) is 101 Å². The van der Waals surface area contributed by atoms with Crippen molar-refractivity contribution in [3.63, 3.8) is 0 Å². The van der Waals surface area contributed by atoms with Crippen LogP contribution in [0, 0.1) is 17.8 Å². The first-order valence-corrected chi connectivity index (χ1v) is 19.8. The zero-order chi connectivity index (χ0) is 36.0. The molecule has 3 heterocycles. The van der Waals surface area contributed by atoms with E-state index in [0.29, 0.717) is 19.6 Å². The molecule has 0 aromatic heterocycles. The lowest BCUT2D eigenvalue weighted by atomic mass is 9.53. The third-order valence-corrected chi connectivity index (χ3v) is 13.3. The molecule has 10 nitrogen and oxygen atoms in total. The van der Waals surface area contributed by atoms with Gasteiger partial charge in [-0.05, 0) is 97.9 Å². The first-order valence-electron chi connectivity index (χ1n) is 19.8. The van der Waals surface area contributed by atoms with Gasteiger partial charge in [-0.1, -0.05) is 66.7 Å². The highest BCUT2D eigenvalue weighted by Crippen LogP contribution is 2.55. The Bertz CT molecular complexity index is 1720. The minimum atomic E-state index is -0.553. The van der Waals surface area contributed by atoms with Gasteiger partial charge in [0, 0.05) is 49.4 Å². The van der Waals surface area contributed by atoms with Crippen molar-refractivity contribution in [1.29, 1.82) is 0 Å². The van der Waals surface area contributed by atoms with Crippen LogP contribution in [0.25, 0.3) is 0 Å². The molecular weight excluding hydrogens is 667 g/mol. The van der Waals surface area contributed by atoms with Crippen LogP contribution in [0.5, 0.6) is 0 Å². The van der Waals surface area contributed by atoms with Gasteiger partial charge < -0.3 is 40.3 Å². The van der Waals surface area contributed by atoms with E-state index in [9.17, 15) is 14.7 Å². The zero-order valence-electron chi connectivity index (χ0n) is 30.6. The van der Waals surface area contributed by atoms with E-state index in [1.807, 2.05) is 42.5 Å². The number of likely N-dealkylation sites (tertiary alicyclic amines) is 1. The van der Waals surface area contributed by atoms with E-state index in [1.165, 1.54) is 19.3 Å². The van der Waals surface area contributed by atoms with Gasteiger partial charge in [0.1, 0.15) is 5.54 Å². The molecule has 10 heteroatoms. The number of benzene rings is 3. The molecule has 4 bridgehead atoms. The van der Waals surface area contributed by atoms with Gasteiger partial charge in [-0.15, -0.1) is 0 Å². The molecule has 3 atom stereocenters. The van der Waals surface area contributed by atoms with Crippen LogP contribution in [0.1, 0.15) is 92.4 Å². The highest BCUT2D eigenvalue weighted by atomic mass is 16.7. The van der Waals surface area contributed by atoms with Gasteiger partial charge in [0.2, 0.25) is 5.91 Å². The number of ether oxygens (including phenoxy) is 2. The second-order valence-corrected chi connectivity index (χ2v) is 16.9. The minimum Gasteiger partial charge on any atom is -0.392 e. The third-order valence-electron chi connectivity index (χ3n) is 13.3. The third kappa shape index (κ3) is 7.07. The SMILES string of the molecule is O=C(NCc1ccc([C@@H]2O[C@H](CN3CCC4(CC3)C(=O)NCN4c3ccccc3)C[C@H](c3ccc(CO)cc3)O2)cc1)NC12CC3CC(CC(C3)C1)C2. The molecule has 1 spiro atoms. The minimum absolute atomic E-state index is 0.00146. The van der Waals surface area contributed by atoms with Gasteiger partial charge in [-0.3, -0.25) is 4.79 Å². The molecule has 3 amide bonds. The number of nitrogens with one attached hydrogen (secondary N) is 3. The number of aliphatic hydroxyl groups excluding tert-OH is 1. The molecule has 4 aliphatic carbocycles. The second-order valence-electron chi connectivity index (χ2n) is 16.9. The molecule has 0 radical (unpaired) electrons. The molecule has 3 aromatic rings. The molecule has 10 rings (SSSR count). The monoisotopic (exact) mass is 719 g/mol. The topological polar surface area (TPSA) is 115 Å². The van der Waals surface area contributed by atoms with Crippen LogP contribution in [0.4, 0.5) is 10.5 Å². The number of hydrogen-bond donors (Lipinski definition) is 4. The predicted octanol–water partition coefficient (Wildman–Crippen LogP) is 5.92. The molecule has 4 N–H and O–H groups in total. The molecule has 4 saturated carbocycles. The number of carbonyl (C=O) groups excluding carboxylic acids is 2. The fourth-order valence-corrected chi connectivity index (χ4v) is 11.0. The summed E-state index contributed by atoms with van der Waals surface area (Å²) in [6, 6.07) is 26.4. The van der Waals surface area contributed by atoms with E-state index in [4.69, 9.17) is 9.47 Å². The summed E-state index contributed by atoms with van der Waals surface area (Å²) in [7, 11) is 0. The molecule has 3 saturated heterocycles. The van der Waals surface area contributed by atoms with E-state index < -0.39 is 11.8 Å². The van der Waals surface area contributed by atoms with Crippen LogP contribution >= 0.6 is 0 Å². The number of para-hydroxylation sites is 1. The highest BCUT2D eigenvalue weighted by molar-refractivity contribution is 5.93. The summed E-state index contributed by atoms with van der Waals surface area (Å²) in [5.74, 6) is 2.48. The van der Waals surface area contributed by atoms with Gasteiger partial charge in [-0.25, -0.2) is 4.79 Å². The lowest BCUT2D eigenvalue weighted by Crippen LogP contribution is -2.61. The molecule has 280 valence electrons. The van der Waals surface area contributed by atoms with Crippen LogP contribution in [0.2, 0.25) is 0 Å². The molecule has 7 fully saturated rings. The smallest absolute Gasteiger partial charge is 0.315 e. The van der Waals surface area contributed by atoms with Gasteiger partial charge in [0.05, 0.1) is 25.5 Å². The number of urea groups is 1. The van der Waals surface area contributed by atoms with E-state index in [1.54, 1.807) is 0 Å². The summed E-state index contributed by atoms with van der Waals surface area (Å²) < 4.78 is 13.3. The number of nitrogens with zero attached hydrogens (tertiary/aromatic N) is 2. The number of piperidine rings is 1. The second kappa shape index (κ2) is 14.4. The first-order chi connectivity index (χ1) is 25.8. The largest absolute Gasteiger partial charge is 0.392 e. The standard InChI is InChI=1S/C43H53N5O5/c49-27-30-8-10-34(11-9-30)38-21-37(26-47-16-14-43(15-17-47)40(50)45-28-48(43)36-4-2-1-3-5-36)52-39(53-38)35-12-6-29(7-13-35)25-44-41(51)46-42-22-31-18-32(23-42)20-33(19-31)24-42/h1-13,31-33,37-39,49H,14-28H2,(H,45,50)(H2,44,46,51)/t31?,32?,33?,37-,38+,39+,42?/m0/s1. The Kier molecular flexibility index (Phi) is 9.42. The van der Waals surface area contributed by atoms with Gasteiger partial charge in [0.15, 0.2) is 6.29 Å². The molecule has 3 aliphatic heterocycles. The van der Waals surface area contributed by atoms with E-state index >= 15 is 0 Å². The number of anilines is 1. The predicted molar refractivity (Wildman–Crippen MR) is 201 cm³/mol. The number of hydrogen-bond acceptors (Lipinski definition) is 7. The van der Waals surface area contributed by atoms with Crippen molar-refractivity contribution in [3.8, 4) is 0 Å². The fraction of sp³-hybridized carbons (Fsp3) is 0.535. The Morgan fingerprint density at radius 2 is 1.45 bits per heavy atom. The number of aliphatic hydroxyl groups is 1. The Morgan fingerprint density at radius 3 is 2.11 bits per heavy atom. The average molecular weight is 720 g/mol. The molecule has 7 aliphatic rings. The maximum absolute atomic E-state index is 13.3. The van der Waals surface area contributed by atoms with Crippen LogP contribution < -0.4 is 20.9 Å². The van der Waals surface area contributed by atoms with E-state index in [2.05, 4.69) is 62.1 Å². The average Bonchev–Trinajstić information content (AvgIpc) is 3.49. The quantitative estimate of drug-likeness (QED) is 0.217.